The number of carbonyl (C=O) groups excluding carboxylic acids is 1. The lowest BCUT2D eigenvalue weighted by Gasteiger charge is -2.13. The largest absolute Gasteiger partial charge is 0.486 e. The van der Waals surface area contributed by atoms with Crippen LogP contribution in [0, 0.1) is 13.8 Å². The number of ether oxygens (including phenoxy) is 1. The van der Waals surface area contributed by atoms with Crippen LogP contribution < -0.4 is 10.1 Å². The van der Waals surface area contributed by atoms with Gasteiger partial charge >= 0.3 is 0 Å². The molecule has 2 aromatic heterocycles. The van der Waals surface area contributed by atoms with Crippen LogP contribution in [0.15, 0.2) is 45.5 Å². The van der Waals surface area contributed by atoms with Gasteiger partial charge < -0.3 is 19.0 Å². The molecule has 3 rings (SSSR count). The maximum atomic E-state index is 12.6. The van der Waals surface area contributed by atoms with Crippen molar-refractivity contribution >= 4 is 5.91 Å². The van der Waals surface area contributed by atoms with Crippen LogP contribution in [-0.2, 0) is 6.61 Å². The third-order valence-electron chi connectivity index (χ3n) is 3.94. The lowest BCUT2D eigenvalue weighted by molar-refractivity contribution is 0.0922. The molecule has 0 aliphatic heterocycles. The van der Waals surface area contributed by atoms with Gasteiger partial charge in [-0.05, 0) is 38.5 Å². The van der Waals surface area contributed by atoms with Crippen LogP contribution in [0.5, 0.6) is 5.75 Å². The van der Waals surface area contributed by atoms with Gasteiger partial charge in [0.05, 0.1) is 11.8 Å². The maximum Gasteiger partial charge on any atom is 0.255 e. The molecule has 0 saturated carbocycles. The van der Waals surface area contributed by atoms with Gasteiger partial charge in [-0.3, -0.25) is 4.79 Å². The monoisotopic (exact) mass is 355 g/mol. The Morgan fingerprint density at radius 1 is 1.23 bits per heavy atom. The zero-order chi connectivity index (χ0) is 18.5. The Morgan fingerprint density at radius 3 is 2.65 bits per heavy atom. The highest BCUT2D eigenvalue weighted by Crippen LogP contribution is 2.19. The SMILES string of the molecule is CC[C@@H](NC(=O)c1ccoc1COc1ccc(C)cc1)c1nc(C)no1. The van der Waals surface area contributed by atoms with E-state index >= 15 is 0 Å². The first-order valence-electron chi connectivity index (χ1n) is 8.43. The van der Waals surface area contributed by atoms with Crippen molar-refractivity contribution in [2.75, 3.05) is 0 Å². The number of carbonyl (C=O) groups is 1. The van der Waals surface area contributed by atoms with Gasteiger partial charge in [-0.25, -0.2) is 0 Å². The van der Waals surface area contributed by atoms with E-state index in [2.05, 4.69) is 15.5 Å². The number of aryl methyl sites for hydroxylation is 2. The third-order valence-corrected chi connectivity index (χ3v) is 3.94. The van der Waals surface area contributed by atoms with Crippen molar-refractivity contribution in [3.8, 4) is 5.75 Å². The summed E-state index contributed by atoms with van der Waals surface area (Å²) in [6.07, 6.45) is 2.10. The van der Waals surface area contributed by atoms with Gasteiger partial charge in [0.2, 0.25) is 5.89 Å². The molecule has 3 aromatic rings. The Balaban J connectivity index is 1.66. The molecule has 0 saturated heterocycles. The molecule has 0 unspecified atom stereocenters. The zero-order valence-electron chi connectivity index (χ0n) is 15.0. The second kappa shape index (κ2) is 7.86. The highest BCUT2D eigenvalue weighted by Gasteiger charge is 2.22. The maximum absolute atomic E-state index is 12.6. The summed E-state index contributed by atoms with van der Waals surface area (Å²) >= 11 is 0. The number of aromatic nitrogens is 2. The summed E-state index contributed by atoms with van der Waals surface area (Å²) in [6.45, 7) is 5.84. The fourth-order valence-electron chi connectivity index (χ4n) is 2.47. The number of hydrogen-bond acceptors (Lipinski definition) is 6. The van der Waals surface area contributed by atoms with Crippen LogP contribution in [0.2, 0.25) is 0 Å². The molecule has 1 amide bonds. The highest BCUT2D eigenvalue weighted by atomic mass is 16.5. The van der Waals surface area contributed by atoms with E-state index in [1.807, 2.05) is 38.1 Å². The minimum absolute atomic E-state index is 0.162. The lowest BCUT2D eigenvalue weighted by atomic mass is 10.2. The molecule has 0 spiro atoms. The van der Waals surface area contributed by atoms with Crippen molar-refractivity contribution in [2.45, 2.75) is 39.8 Å². The zero-order valence-corrected chi connectivity index (χ0v) is 15.0. The van der Waals surface area contributed by atoms with E-state index < -0.39 is 0 Å². The van der Waals surface area contributed by atoms with E-state index in [-0.39, 0.29) is 18.6 Å². The van der Waals surface area contributed by atoms with Gasteiger partial charge in [0.1, 0.15) is 18.4 Å². The van der Waals surface area contributed by atoms with Crippen molar-refractivity contribution in [3.63, 3.8) is 0 Å². The van der Waals surface area contributed by atoms with Gasteiger partial charge in [-0.2, -0.15) is 4.98 Å². The molecule has 2 heterocycles. The Labute approximate surface area is 151 Å². The minimum atomic E-state index is -0.357. The Hall–Kier alpha value is -3.09. The Bertz CT molecular complexity index is 867. The van der Waals surface area contributed by atoms with Gasteiger partial charge in [0, 0.05) is 0 Å². The van der Waals surface area contributed by atoms with E-state index in [0.717, 1.165) is 5.56 Å². The second-order valence-electron chi connectivity index (χ2n) is 5.97. The molecular weight excluding hydrogens is 334 g/mol. The third kappa shape index (κ3) is 4.11. The van der Waals surface area contributed by atoms with E-state index in [1.165, 1.54) is 6.26 Å². The number of benzene rings is 1. The van der Waals surface area contributed by atoms with Crippen LogP contribution in [0.3, 0.4) is 0 Å². The summed E-state index contributed by atoms with van der Waals surface area (Å²) in [4.78, 5) is 16.8. The van der Waals surface area contributed by atoms with Crippen LogP contribution in [0.4, 0.5) is 0 Å². The molecule has 1 N–H and O–H groups in total. The molecule has 7 heteroatoms. The summed E-state index contributed by atoms with van der Waals surface area (Å²) in [5.74, 6) is 1.82. The van der Waals surface area contributed by atoms with E-state index in [0.29, 0.717) is 35.2 Å². The number of amides is 1. The predicted molar refractivity (Wildman–Crippen MR) is 93.8 cm³/mol. The predicted octanol–water partition coefficient (Wildman–Crippen LogP) is 3.74. The first kappa shape index (κ1) is 17.7. The average Bonchev–Trinajstić information content (AvgIpc) is 3.28. The molecule has 7 nitrogen and oxygen atoms in total. The van der Waals surface area contributed by atoms with Gasteiger partial charge in [-0.15, -0.1) is 0 Å². The number of rotatable bonds is 7. The van der Waals surface area contributed by atoms with Gasteiger partial charge in [0.15, 0.2) is 11.6 Å². The van der Waals surface area contributed by atoms with Crippen LogP contribution in [0.25, 0.3) is 0 Å². The summed E-state index contributed by atoms with van der Waals surface area (Å²) in [5, 5.41) is 6.66. The van der Waals surface area contributed by atoms with E-state index in [9.17, 15) is 4.79 Å². The fraction of sp³-hybridized carbons (Fsp3) is 0.316. The molecule has 0 radical (unpaired) electrons. The molecule has 0 aliphatic carbocycles. The Kier molecular flexibility index (Phi) is 5.36. The van der Waals surface area contributed by atoms with Crippen LogP contribution in [-0.4, -0.2) is 16.0 Å². The molecule has 1 atom stereocenters. The van der Waals surface area contributed by atoms with Gasteiger partial charge in [-0.1, -0.05) is 29.8 Å². The molecule has 0 fully saturated rings. The smallest absolute Gasteiger partial charge is 0.255 e. The summed E-state index contributed by atoms with van der Waals surface area (Å²) in [6, 6.07) is 8.94. The summed E-state index contributed by atoms with van der Waals surface area (Å²) in [7, 11) is 0. The highest BCUT2D eigenvalue weighted by molar-refractivity contribution is 5.95. The van der Waals surface area contributed by atoms with Crippen LogP contribution >= 0.6 is 0 Å². The average molecular weight is 355 g/mol. The topological polar surface area (TPSA) is 90.4 Å². The van der Waals surface area contributed by atoms with Crippen molar-refractivity contribution < 1.29 is 18.5 Å². The molecule has 0 aliphatic rings. The minimum Gasteiger partial charge on any atom is -0.486 e. The van der Waals surface area contributed by atoms with Crippen molar-refractivity contribution in [3.05, 3.63) is 65.2 Å². The molecule has 136 valence electrons. The summed E-state index contributed by atoms with van der Waals surface area (Å²) < 4.78 is 16.3. The lowest BCUT2D eigenvalue weighted by Crippen LogP contribution is -2.29. The number of nitrogens with one attached hydrogen (secondary N) is 1. The fourth-order valence-corrected chi connectivity index (χ4v) is 2.47. The normalized spacial score (nSPS) is 12.0. The van der Waals surface area contributed by atoms with Crippen molar-refractivity contribution in [2.24, 2.45) is 0 Å². The number of nitrogens with zero attached hydrogens (tertiary/aromatic N) is 2. The summed E-state index contributed by atoms with van der Waals surface area (Å²) in [5.41, 5.74) is 1.57. The van der Waals surface area contributed by atoms with E-state index in [4.69, 9.17) is 13.7 Å². The van der Waals surface area contributed by atoms with Crippen LogP contribution in [0.1, 0.15) is 52.8 Å². The Morgan fingerprint density at radius 2 is 2.00 bits per heavy atom. The molecule has 26 heavy (non-hydrogen) atoms. The molecular formula is C19H21N3O4. The quantitative estimate of drug-likeness (QED) is 0.694. The molecule has 0 bridgehead atoms. The first-order valence-corrected chi connectivity index (χ1v) is 8.43. The van der Waals surface area contributed by atoms with Crippen molar-refractivity contribution in [1.82, 2.24) is 15.5 Å². The van der Waals surface area contributed by atoms with Gasteiger partial charge in [0.25, 0.3) is 5.91 Å². The molecule has 1 aromatic carbocycles. The first-order chi connectivity index (χ1) is 12.6. The van der Waals surface area contributed by atoms with Crippen molar-refractivity contribution in [1.29, 1.82) is 0 Å². The second-order valence-corrected chi connectivity index (χ2v) is 5.97. The number of hydrogen-bond donors (Lipinski definition) is 1. The number of furan rings is 1. The van der Waals surface area contributed by atoms with E-state index in [1.54, 1.807) is 13.0 Å². The standard InChI is InChI=1S/C19H21N3O4/c1-4-16(19-20-13(3)22-26-19)21-18(23)15-9-10-24-17(15)11-25-14-7-5-12(2)6-8-14/h5-10,16H,4,11H2,1-3H3,(H,21,23)/t16-/m1/s1.